The topological polar surface area (TPSA) is 41.1 Å². The van der Waals surface area contributed by atoms with Crippen LogP contribution >= 0.6 is 0 Å². The number of carbonyl (C=O) groups is 1. The Labute approximate surface area is 122 Å². The lowest BCUT2D eigenvalue weighted by Crippen LogP contribution is -2.46. The lowest BCUT2D eigenvalue weighted by molar-refractivity contribution is -0.123. The fraction of sp³-hybridized carbons (Fsp3) is 0.588. The van der Waals surface area contributed by atoms with Gasteiger partial charge in [0.2, 0.25) is 5.91 Å². The molecular formula is C17H26N2O. The highest BCUT2D eigenvalue weighted by atomic mass is 16.2. The van der Waals surface area contributed by atoms with Gasteiger partial charge in [0.1, 0.15) is 0 Å². The number of hydrogen-bond donors (Lipinski definition) is 2. The second kappa shape index (κ2) is 6.89. The van der Waals surface area contributed by atoms with E-state index >= 15 is 0 Å². The van der Waals surface area contributed by atoms with Crippen LogP contribution in [0.25, 0.3) is 0 Å². The predicted molar refractivity (Wildman–Crippen MR) is 82.6 cm³/mol. The zero-order valence-corrected chi connectivity index (χ0v) is 12.8. The monoisotopic (exact) mass is 274 g/mol. The number of fused-ring (bicyclic) bond motifs is 1. The van der Waals surface area contributed by atoms with Crippen molar-refractivity contribution in [3.8, 4) is 0 Å². The minimum absolute atomic E-state index is 0.114. The molecule has 1 aromatic rings. The van der Waals surface area contributed by atoms with E-state index in [1.54, 1.807) is 0 Å². The summed E-state index contributed by atoms with van der Waals surface area (Å²) in [4.78, 5) is 12.2. The Morgan fingerprint density at radius 1 is 1.30 bits per heavy atom. The van der Waals surface area contributed by atoms with Gasteiger partial charge in [-0.2, -0.15) is 0 Å². The molecule has 0 bridgehead atoms. The number of benzene rings is 1. The maximum atomic E-state index is 12.2. The van der Waals surface area contributed by atoms with Crippen LogP contribution in [-0.4, -0.2) is 18.0 Å². The van der Waals surface area contributed by atoms with Gasteiger partial charge in [0.15, 0.2) is 0 Å². The summed E-state index contributed by atoms with van der Waals surface area (Å²) in [6.45, 7) is 6.18. The average molecular weight is 274 g/mol. The Bertz CT molecular complexity index is 454. The third-order valence-corrected chi connectivity index (χ3v) is 4.31. The van der Waals surface area contributed by atoms with E-state index in [0.29, 0.717) is 12.1 Å². The van der Waals surface area contributed by atoms with Gasteiger partial charge in [-0.3, -0.25) is 10.1 Å². The van der Waals surface area contributed by atoms with Crippen LogP contribution in [0.5, 0.6) is 0 Å². The Kier molecular flexibility index (Phi) is 5.18. The molecule has 2 atom stereocenters. The average Bonchev–Trinajstić information content (AvgIpc) is 2.87. The minimum atomic E-state index is -0.147. The molecule has 0 saturated heterocycles. The molecule has 0 aromatic heterocycles. The molecule has 0 spiro atoms. The Hall–Kier alpha value is -1.35. The summed E-state index contributed by atoms with van der Waals surface area (Å²) in [6.07, 6.45) is 4.17. The van der Waals surface area contributed by atoms with Gasteiger partial charge >= 0.3 is 0 Å². The Balaban J connectivity index is 1.92. The van der Waals surface area contributed by atoms with Crippen molar-refractivity contribution in [1.29, 1.82) is 0 Å². The number of nitrogens with one attached hydrogen (secondary N) is 2. The van der Waals surface area contributed by atoms with Crippen molar-refractivity contribution in [3.05, 3.63) is 35.4 Å². The van der Waals surface area contributed by atoms with Gasteiger partial charge in [-0.25, -0.2) is 0 Å². The summed E-state index contributed by atoms with van der Waals surface area (Å²) >= 11 is 0. The van der Waals surface area contributed by atoms with E-state index < -0.39 is 0 Å². The minimum Gasteiger partial charge on any atom is -0.352 e. The molecule has 0 fully saturated rings. The predicted octanol–water partition coefficient (Wildman–Crippen LogP) is 2.96. The van der Waals surface area contributed by atoms with E-state index in [0.717, 1.165) is 25.7 Å². The van der Waals surface area contributed by atoms with E-state index in [9.17, 15) is 4.79 Å². The van der Waals surface area contributed by atoms with Crippen molar-refractivity contribution in [3.63, 3.8) is 0 Å². The van der Waals surface area contributed by atoms with E-state index in [2.05, 4.69) is 48.7 Å². The molecule has 1 aliphatic rings. The van der Waals surface area contributed by atoms with E-state index in [-0.39, 0.29) is 11.9 Å². The first-order chi connectivity index (χ1) is 9.65. The molecule has 1 aliphatic carbocycles. The molecule has 3 heteroatoms. The SMILES string of the molecule is CCC(CC)NC(=O)C(C)NC1CCc2ccccc21. The van der Waals surface area contributed by atoms with Gasteiger partial charge in [0.25, 0.3) is 0 Å². The molecule has 0 aliphatic heterocycles. The number of aryl methyl sites for hydroxylation is 1. The molecule has 3 nitrogen and oxygen atoms in total. The Morgan fingerprint density at radius 2 is 2.00 bits per heavy atom. The normalized spacial score (nSPS) is 18.9. The largest absolute Gasteiger partial charge is 0.352 e. The van der Waals surface area contributed by atoms with Gasteiger partial charge in [0, 0.05) is 12.1 Å². The van der Waals surface area contributed by atoms with Crippen molar-refractivity contribution >= 4 is 5.91 Å². The standard InChI is InChI=1S/C17H26N2O/c1-4-14(5-2)19-17(20)12(3)18-16-11-10-13-8-6-7-9-15(13)16/h6-9,12,14,16,18H,4-5,10-11H2,1-3H3,(H,19,20). The van der Waals surface area contributed by atoms with Crippen molar-refractivity contribution in [1.82, 2.24) is 10.6 Å². The summed E-state index contributed by atoms with van der Waals surface area (Å²) in [6, 6.07) is 8.98. The molecule has 1 amide bonds. The number of carbonyl (C=O) groups excluding carboxylic acids is 1. The van der Waals surface area contributed by atoms with Gasteiger partial charge in [-0.15, -0.1) is 0 Å². The van der Waals surface area contributed by atoms with Gasteiger partial charge in [-0.05, 0) is 43.7 Å². The second-order valence-corrected chi connectivity index (χ2v) is 5.70. The van der Waals surface area contributed by atoms with Crippen LogP contribution in [-0.2, 0) is 11.2 Å². The van der Waals surface area contributed by atoms with Crippen LogP contribution < -0.4 is 10.6 Å². The van der Waals surface area contributed by atoms with Crippen molar-refractivity contribution in [2.24, 2.45) is 0 Å². The highest BCUT2D eigenvalue weighted by Gasteiger charge is 2.25. The smallest absolute Gasteiger partial charge is 0.237 e. The summed E-state index contributed by atoms with van der Waals surface area (Å²) in [7, 11) is 0. The first-order valence-corrected chi connectivity index (χ1v) is 7.79. The van der Waals surface area contributed by atoms with Crippen molar-refractivity contribution < 1.29 is 4.79 Å². The van der Waals surface area contributed by atoms with Crippen LogP contribution in [0, 0.1) is 0 Å². The lowest BCUT2D eigenvalue weighted by Gasteiger charge is -2.22. The summed E-state index contributed by atoms with van der Waals surface area (Å²) in [5.74, 6) is 0.114. The fourth-order valence-electron chi connectivity index (χ4n) is 2.93. The maximum Gasteiger partial charge on any atom is 0.237 e. The zero-order valence-electron chi connectivity index (χ0n) is 12.8. The molecule has 2 N–H and O–H groups in total. The molecular weight excluding hydrogens is 248 g/mol. The summed E-state index contributed by atoms with van der Waals surface area (Å²) in [5, 5.41) is 6.59. The van der Waals surface area contributed by atoms with Crippen LogP contribution in [0.4, 0.5) is 0 Å². The molecule has 0 radical (unpaired) electrons. The summed E-state index contributed by atoms with van der Waals surface area (Å²) in [5.41, 5.74) is 2.77. The van der Waals surface area contributed by atoms with Crippen LogP contribution in [0.2, 0.25) is 0 Å². The summed E-state index contributed by atoms with van der Waals surface area (Å²) < 4.78 is 0. The van der Waals surface area contributed by atoms with E-state index in [4.69, 9.17) is 0 Å². The molecule has 110 valence electrons. The molecule has 0 heterocycles. The van der Waals surface area contributed by atoms with Crippen molar-refractivity contribution in [2.45, 2.75) is 64.6 Å². The molecule has 2 unspecified atom stereocenters. The maximum absolute atomic E-state index is 12.2. The van der Waals surface area contributed by atoms with Crippen LogP contribution in [0.3, 0.4) is 0 Å². The van der Waals surface area contributed by atoms with E-state index in [1.165, 1.54) is 11.1 Å². The third-order valence-electron chi connectivity index (χ3n) is 4.31. The highest BCUT2D eigenvalue weighted by molar-refractivity contribution is 5.81. The number of rotatable bonds is 6. The zero-order chi connectivity index (χ0) is 14.5. The molecule has 1 aromatic carbocycles. The first-order valence-electron chi connectivity index (χ1n) is 7.79. The van der Waals surface area contributed by atoms with E-state index in [1.807, 2.05) is 6.92 Å². The molecule has 2 rings (SSSR count). The molecule has 0 saturated carbocycles. The molecule has 20 heavy (non-hydrogen) atoms. The fourth-order valence-corrected chi connectivity index (χ4v) is 2.93. The highest BCUT2D eigenvalue weighted by Crippen LogP contribution is 2.30. The van der Waals surface area contributed by atoms with Gasteiger partial charge in [0.05, 0.1) is 6.04 Å². The van der Waals surface area contributed by atoms with Crippen LogP contribution in [0.1, 0.15) is 57.2 Å². The second-order valence-electron chi connectivity index (χ2n) is 5.70. The van der Waals surface area contributed by atoms with Crippen molar-refractivity contribution in [2.75, 3.05) is 0 Å². The first kappa shape index (κ1) is 15.0. The lowest BCUT2D eigenvalue weighted by atomic mass is 10.1. The van der Waals surface area contributed by atoms with Crippen LogP contribution in [0.15, 0.2) is 24.3 Å². The number of amides is 1. The third kappa shape index (κ3) is 3.40. The Morgan fingerprint density at radius 3 is 2.70 bits per heavy atom. The van der Waals surface area contributed by atoms with Gasteiger partial charge < -0.3 is 5.32 Å². The number of hydrogen-bond acceptors (Lipinski definition) is 2. The van der Waals surface area contributed by atoms with Gasteiger partial charge in [-0.1, -0.05) is 38.1 Å². The quantitative estimate of drug-likeness (QED) is 0.837.